The third-order valence-electron chi connectivity index (χ3n) is 5.50. The van der Waals surface area contributed by atoms with Crippen molar-refractivity contribution in [1.29, 1.82) is 0 Å². The van der Waals surface area contributed by atoms with Crippen LogP contribution < -0.4 is 20.9 Å². The molecule has 0 radical (unpaired) electrons. The number of nitrogens with one attached hydrogen (secondary N) is 3. The average Bonchev–Trinajstić information content (AvgIpc) is 2.89. The second-order valence-electron chi connectivity index (χ2n) is 8.01. The van der Waals surface area contributed by atoms with Crippen LogP contribution in [0.4, 0.5) is 22.7 Å². The summed E-state index contributed by atoms with van der Waals surface area (Å²) in [5, 5.41) is 20.3. The second-order valence-corrected chi connectivity index (χ2v) is 8.85. The molecule has 0 spiro atoms. The number of halogens is 1. The molecule has 4 rings (SSSR count). The van der Waals surface area contributed by atoms with Crippen LogP contribution in [0.15, 0.2) is 66.7 Å². The van der Waals surface area contributed by atoms with Crippen LogP contribution >= 0.6 is 23.8 Å². The number of hydrogen-bond donors (Lipinski definition) is 3. The summed E-state index contributed by atoms with van der Waals surface area (Å²) in [6.07, 6.45) is 0. The molecule has 0 aromatic heterocycles. The fourth-order valence-electron chi connectivity index (χ4n) is 3.69. The van der Waals surface area contributed by atoms with Crippen LogP contribution in [0.3, 0.4) is 0 Å². The number of rotatable bonds is 6. The standard InChI is InChI=1S/C25H22ClN5O5S/c26-18-3-1-2-16(14-18)23(32)27-19-5-7-20(8-6-19)28-25(37)29-24(33)17-4-9-21(22(15-17)31(34)35)30-10-12-36-13-11-30/h1-9,14-15H,10-13H2,(H,27,32)(H2,28,29,33,37). The number of morpholine rings is 1. The third kappa shape index (κ3) is 6.79. The smallest absolute Gasteiger partial charge is 0.293 e. The number of nitrogens with zero attached hydrogens (tertiary/aromatic N) is 2. The summed E-state index contributed by atoms with van der Waals surface area (Å²) in [7, 11) is 0. The molecule has 0 unspecified atom stereocenters. The highest BCUT2D eigenvalue weighted by molar-refractivity contribution is 7.80. The first-order chi connectivity index (χ1) is 17.8. The highest BCUT2D eigenvalue weighted by Crippen LogP contribution is 2.30. The van der Waals surface area contributed by atoms with Crippen molar-refractivity contribution in [2.75, 3.05) is 41.8 Å². The number of carbonyl (C=O) groups excluding carboxylic acids is 2. The average molecular weight is 540 g/mol. The number of ether oxygens (including phenoxy) is 1. The lowest BCUT2D eigenvalue weighted by atomic mass is 10.1. The Morgan fingerprint density at radius 1 is 0.919 bits per heavy atom. The Morgan fingerprint density at radius 2 is 1.57 bits per heavy atom. The number of anilines is 3. The molecule has 0 atom stereocenters. The Hall–Kier alpha value is -4.06. The van der Waals surface area contributed by atoms with Gasteiger partial charge in [-0.15, -0.1) is 0 Å². The minimum absolute atomic E-state index is 0.0145. The van der Waals surface area contributed by atoms with E-state index in [-0.39, 0.29) is 22.3 Å². The maximum absolute atomic E-state index is 12.7. The lowest BCUT2D eigenvalue weighted by molar-refractivity contribution is -0.384. The molecule has 1 saturated heterocycles. The summed E-state index contributed by atoms with van der Waals surface area (Å²) in [5.74, 6) is -0.890. The van der Waals surface area contributed by atoms with Gasteiger partial charge in [-0.3, -0.25) is 25.0 Å². The van der Waals surface area contributed by atoms with Gasteiger partial charge in [0, 0.05) is 46.7 Å². The monoisotopic (exact) mass is 539 g/mol. The molecule has 12 heteroatoms. The molecule has 1 aliphatic rings. The van der Waals surface area contributed by atoms with E-state index in [2.05, 4.69) is 16.0 Å². The number of nitro benzene ring substituents is 1. The first kappa shape index (κ1) is 26.0. The van der Waals surface area contributed by atoms with Crippen LogP contribution in [0.25, 0.3) is 0 Å². The summed E-state index contributed by atoms with van der Waals surface area (Å²) in [4.78, 5) is 38.0. The highest BCUT2D eigenvalue weighted by atomic mass is 35.5. The molecular formula is C25H22ClN5O5S. The van der Waals surface area contributed by atoms with Crippen molar-refractivity contribution in [3.63, 3.8) is 0 Å². The molecule has 0 aliphatic carbocycles. The normalized spacial score (nSPS) is 12.9. The van der Waals surface area contributed by atoms with Gasteiger partial charge in [0.25, 0.3) is 17.5 Å². The van der Waals surface area contributed by atoms with E-state index in [4.69, 9.17) is 28.6 Å². The van der Waals surface area contributed by atoms with Crippen LogP contribution in [-0.4, -0.2) is 48.2 Å². The van der Waals surface area contributed by atoms with Gasteiger partial charge < -0.3 is 20.3 Å². The molecule has 10 nitrogen and oxygen atoms in total. The van der Waals surface area contributed by atoms with Gasteiger partial charge in [0.2, 0.25) is 0 Å². The number of thiocarbonyl (C=S) groups is 1. The maximum Gasteiger partial charge on any atom is 0.293 e. The van der Waals surface area contributed by atoms with E-state index in [1.807, 2.05) is 4.90 Å². The van der Waals surface area contributed by atoms with Crippen LogP contribution in [0, 0.1) is 10.1 Å². The number of benzene rings is 3. The Labute approximate surface area is 222 Å². The summed E-state index contributed by atoms with van der Waals surface area (Å²) in [6, 6.07) is 17.6. The van der Waals surface area contributed by atoms with Crippen LogP contribution in [0.5, 0.6) is 0 Å². The van der Waals surface area contributed by atoms with E-state index in [0.29, 0.717) is 54.0 Å². The molecule has 3 N–H and O–H groups in total. The molecule has 1 fully saturated rings. The Balaban J connectivity index is 1.36. The zero-order valence-corrected chi connectivity index (χ0v) is 21.0. The van der Waals surface area contributed by atoms with E-state index in [0.717, 1.165) is 0 Å². The molecule has 0 bridgehead atoms. The van der Waals surface area contributed by atoms with Crippen molar-refractivity contribution in [3.05, 3.63) is 93.0 Å². The minimum atomic E-state index is -0.584. The van der Waals surface area contributed by atoms with Gasteiger partial charge in [0.05, 0.1) is 18.1 Å². The molecule has 2 amide bonds. The van der Waals surface area contributed by atoms with Crippen LogP contribution in [0.2, 0.25) is 5.02 Å². The van der Waals surface area contributed by atoms with Gasteiger partial charge in [-0.05, 0) is 66.8 Å². The highest BCUT2D eigenvalue weighted by Gasteiger charge is 2.23. The number of hydrogen-bond acceptors (Lipinski definition) is 7. The summed E-state index contributed by atoms with van der Waals surface area (Å²) in [6.45, 7) is 2.02. The van der Waals surface area contributed by atoms with Gasteiger partial charge in [-0.1, -0.05) is 17.7 Å². The summed E-state index contributed by atoms with van der Waals surface area (Å²) in [5.41, 5.74) is 1.93. The SMILES string of the molecule is O=C(NC(=S)Nc1ccc(NC(=O)c2cccc(Cl)c2)cc1)c1ccc(N2CCOCC2)c([N+](=O)[O-])c1. The summed E-state index contributed by atoms with van der Waals surface area (Å²) >= 11 is 11.2. The lowest BCUT2D eigenvalue weighted by Crippen LogP contribution is -2.37. The van der Waals surface area contributed by atoms with Crippen molar-refractivity contribution in [1.82, 2.24) is 5.32 Å². The van der Waals surface area contributed by atoms with Gasteiger partial charge >= 0.3 is 0 Å². The molecule has 190 valence electrons. The van der Waals surface area contributed by atoms with Gasteiger partial charge in [-0.25, -0.2) is 0 Å². The lowest BCUT2D eigenvalue weighted by Gasteiger charge is -2.28. The van der Waals surface area contributed by atoms with Crippen molar-refractivity contribution >= 4 is 63.5 Å². The Kier molecular flexibility index (Phi) is 8.29. The van der Waals surface area contributed by atoms with Crippen molar-refractivity contribution in [2.45, 2.75) is 0 Å². The number of amides is 2. The maximum atomic E-state index is 12.7. The van der Waals surface area contributed by atoms with Crippen LogP contribution in [0.1, 0.15) is 20.7 Å². The predicted octanol–water partition coefficient (Wildman–Crippen LogP) is 4.46. The zero-order chi connectivity index (χ0) is 26.4. The van der Waals surface area contributed by atoms with Crippen molar-refractivity contribution < 1.29 is 19.2 Å². The van der Waals surface area contributed by atoms with E-state index in [1.165, 1.54) is 12.1 Å². The second kappa shape index (κ2) is 11.8. The predicted molar refractivity (Wildman–Crippen MR) is 146 cm³/mol. The first-order valence-electron chi connectivity index (χ1n) is 11.2. The fourth-order valence-corrected chi connectivity index (χ4v) is 4.09. The Bertz CT molecular complexity index is 1350. The molecular weight excluding hydrogens is 518 g/mol. The number of nitro groups is 1. The molecule has 1 aliphatic heterocycles. The Morgan fingerprint density at radius 3 is 2.22 bits per heavy atom. The van der Waals surface area contributed by atoms with E-state index in [1.54, 1.807) is 54.6 Å². The first-order valence-corrected chi connectivity index (χ1v) is 12.0. The zero-order valence-electron chi connectivity index (χ0n) is 19.4. The molecule has 37 heavy (non-hydrogen) atoms. The van der Waals surface area contributed by atoms with Gasteiger partial charge in [-0.2, -0.15) is 0 Å². The minimum Gasteiger partial charge on any atom is -0.378 e. The quantitative estimate of drug-likeness (QED) is 0.238. The largest absolute Gasteiger partial charge is 0.378 e. The molecule has 1 heterocycles. The fraction of sp³-hybridized carbons (Fsp3) is 0.160. The number of carbonyl (C=O) groups is 2. The molecule has 0 saturated carbocycles. The van der Waals surface area contributed by atoms with E-state index >= 15 is 0 Å². The molecule has 3 aromatic carbocycles. The van der Waals surface area contributed by atoms with E-state index < -0.39 is 10.8 Å². The third-order valence-corrected chi connectivity index (χ3v) is 5.94. The molecule has 3 aromatic rings. The van der Waals surface area contributed by atoms with Gasteiger partial charge in [0.1, 0.15) is 5.69 Å². The van der Waals surface area contributed by atoms with E-state index in [9.17, 15) is 19.7 Å². The summed E-state index contributed by atoms with van der Waals surface area (Å²) < 4.78 is 5.30. The van der Waals surface area contributed by atoms with Crippen molar-refractivity contribution in [3.8, 4) is 0 Å². The topological polar surface area (TPSA) is 126 Å². The van der Waals surface area contributed by atoms with Gasteiger partial charge in [0.15, 0.2) is 5.11 Å². The van der Waals surface area contributed by atoms with Crippen LogP contribution in [-0.2, 0) is 4.74 Å². The van der Waals surface area contributed by atoms with Crippen molar-refractivity contribution in [2.24, 2.45) is 0 Å².